The van der Waals surface area contributed by atoms with Crippen LogP contribution in [0.25, 0.3) is 0 Å². The van der Waals surface area contributed by atoms with E-state index in [4.69, 9.17) is 22.8 Å². The Balaban J connectivity index is 2.67. The molecule has 0 aromatic rings. The molecule has 6 nitrogen and oxygen atoms in total. The van der Waals surface area contributed by atoms with Crippen molar-refractivity contribution < 1.29 is 15.0 Å². The highest BCUT2D eigenvalue weighted by atomic mass is 32.1. The minimum atomic E-state index is -0.886. The molecule has 2 atom stereocenters. The largest absolute Gasteiger partial charge is 0.757 e. The first-order valence-corrected chi connectivity index (χ1v) is 5.84. The van der Waals surface area contributed by atoms with Gasteiger partial charge in [-0.1, -0.05) is 13.3 Å². The summed E-state index contributed by atoms with van der Waals surface area (Å²) in [7, 11) is 0. The van der Waals surface area contributed by atoms with Gasteiger partial charge in [-0.15, -0.1) is 0 Å². The summed E-state index contributed by atoms with van der Waals surface area (Å²) in [5.41, 5.74) is 2.58. The molecule has 7 heteroatoms. The van der Waals surface area contributed by atoms with E-state index < -0.39 is 11.5 Å². The molecule has 0 amide bonds. The van der Waals surface area contributed by atoms with Gasteiger partial charge in [-0.05, 0) is 11.9 Å². The van der Waals surface area contributed by atoms with Gasteiger partial charge in [0.1, 0.15) is 0 Å². The zero-order valence-electron chi connectivity index (χ0n) is 9.30. The summed E-state index contributed by atoms with van der Waals surface area (Å²) in [6.45, 7) is 2.44. The Morgan fingerprint density at radius 1 is 1.56 bits per heavy atom. The maximum Gasteiger partial charge on any atom is 0.317 e. The molecule has 0 radical (unpaired) electrons. The number of carbonyl (C=O) groups is 1. The second-order valence-electron chi connectivity index (χ2n) is 3.73. The molecule has 94 valence electrons. The van der Waals surface area contributed by atoms with Crippen molar-refractivity contribution in [2.75, 3.05) is 19.7 Å². The van der Waals surface area contributed by atoms with Crippen LogP contribution in [0.15, 0.2) is 0 Å². The van der Waals surface area contributed by atoms with Gasteiger partial charge in [0.05, 0.1) is 19.3 Å². The van der Waals surface area contributed by atoms with Gasteiger partial charge < -0.3 is 22.8 Å². The van der Waals surface area contributed by atoms with Crippen LogP contribution in [0.5, 0.6) is 0 Å². The second kappa shape index (κ2) is 6.41. The third kappa shape index (κ3) is 3.33. The summed E-state index contributed by atoms with van der Waals surface area (Å²) in [4.78, 5) is 12.5. The van der Waals surface area contributed by atoms with E-state index in [2.05, 4.69) is 5.43 Å². The van der Waals surface area contributed by atoms with E-state index in [9.17, 15) is 4.79 Å². The van der Waals surface area contributed by atoms with Gasteiger partial charge in [0.2, 0.25) is 0 Å². The van der Waals surface area contributed by atoms with Gasteiger partial charge in [0.25, 0.3) is 0 Å². The van der Waals surface area contributed by atoms with Crippen LogP contribution in [-0.4, -0.2) is 57.5 Å². The lowest BCUT2D eigenvalue weighted by molar-refractivity contribution is -0.139. The number of β-amino-alcohol motifs (C(OH)–C–C–N with tert-alkyl or cyclic N) is 1. The highest BCUT2D eigenvalue weighted by Gasteiger charge is 2.33. The molecule has 2 unspecified atom stereocenters. The lowest BCUT2D eigenvalue weighted by Gasteiger charge is -2.31. The zero-order valence-corrected chi connectivity index (χ0v) is 10.1. The summed E-state index contributed by atoms with van der Waals surface area (Å²) in [6.07, 6.45) is 1.72. The highest BCUT2D eigenvalue weighted by Crippen LogP contribution is 2.19. The van der Waals surface area contributed by atoms with Crippen LogP contribution in [0.1, 0.15) is 19.8 Å². The molecule has 0 aromatic heterocycles. The maximum atomic E-state index is 10.7. The number of nitrogens with zero attached hydrogens (tertiary/aromatic N) is 2. The number of aliphatic hydroxyl groups is 1. The first kappa shape index (κ1) is 13.7. The van der Waals surface area contributed by atoms with Crippen molar-refractivity contribution in [3.05, 3.63) is 0 Å². The van der Waals surface area contributed by atoms with E-state index in [1.165, 1.54) is 0 Å². The van der Waals surface area contributed by atoms with Crippen LogP contribution in [-0.2, 0) is 17.4 Å². The summed E-state index contributed by atoms with van der Waals surface area (Å²) >= 11 is 5.15. The van der Waals surface area contributed by atoms with Crippen LogP contribution in [0.3, 0.4) is 0 Å². The van der Waals surface area contributed by atoms with Gasteiger partial charge in [0, 0.05) is 6.54 Å². The topological polar surface area (TPSA) is 76.0 Å². The molecule has 1 aliphatic heterocycles. The second-order valence-corrected chi connectivity index (χ2v) is 4.18. The minimum Gasteiger partial charge on any atom is -0.757 e. The van der Waals surface area contributed by atoms with Crippen molar-refractivity contribution in [1.29, 1.82) is 0 Å². The molecule has 16 heavy (non-hydrogen) atoms. The van der Waals surface area contributed by atoms with Gasteiger partial charge in [-0.3, -0.25) is 15.1 Å². The normalized spacial score (nSPS) is 27.4. The summed E-state index contributed by atoms with van der Waals surface area (Å²) in [5.74, 6) is -0.886. The quantitative estimate of drug-likeness (QED) is 0.528. The highest BCUT2D eigenvalue weighted by molar-refractivity contribution is 7.59. The molecule has 1 aliphatic rings. The number of carboxylic acids is 1. The van der Waals surface area contributed by atoms with Crippen LogP contribution in [0.2, 0.25) is 0 Å². The minimum absolute atomic E-state index is 0.0240. The van der Waals surface area contributed by atoms with Crippen LogP contribution >= 0.6 is 0 Å². The molecule has 0 aliphatic carbocycles. The molecule has 0 bridgehead atoms. The lowest BCUT2D eigenvalue weighted by Crippen LogP contribution is -2.44. The van der Waals surface area contributed by atoms with E-state index in [1.54, 1.807) is 4.90 Å². The number of hydrogen-bond acceptors (Lipinski definition) is 6. The monoisotopic (exact) mass is 248 g/mol. The molecule has 1 fully saturated rings. The predicted molar refractivity (Wildman–Crippen MR) is 61.1 cm³/mol. The number of aliphatic hydroxyl groups excluding tert-OH is 1. The fourth-order valence-electron chi connectivity index (χ4n) is 1.88. The van der Waals surface area contributed by atoms with Crippen molar-refractivity contribution in [2.45, 2.75) is 31.4 Å². The average Bonchev–Trinajstić information content (AvgIpc) is 2.47. The zero-order chi connectivity index (χ0) is 12.1. The standard InChI is InChI=1S/C9H19N3O3S/c1-2-3-7-11(6-8(14)15)9(16)10-12(7)4-5-13/h7,9-10,13,16H,2-6H2,1H3,(H,14,15)/p-1. The molecule has 1 heterocycles. The summed E-state index contributed by atoms with van der Waals surface area (Å²) < 4.78 is 0. The Morgan fingerprint density at radius 3 is 2.75 bits per heavy atom. The molecule has 0 aromatic carbocycles. The average molecular weight is 248 g/mol. The van der Waals surface area contributed by atoms with Crippen LogP contribution in [0, 0.1) is 0 Å². The van der Waals surface area contributed by atoms with Crippen molar-refractivity contribution >= 4 is 18.6 Å². The Kier molecular flexibility index (Phi) is 5.50. The summed E-state index contributed by atoms with van der Waals surface area (Å²) in [6, 6.07) is 0. The molecule has 1 rings (SSSR count). The molecular weight excluding hydrogens is 230 g/mol. The van der Waals surface area contributed by atoms with Crippen molar-refractivity contribution in [2.24, 2.45) is 0 Å². The lowest BCUT2D eigenvalue weighted by atomic mass is 10.2. The number of hydrazine groups is 1. The Bertz CT molecular complexity index is 242. The third-order valence-electron chi connectivity index (χ3n) is 2.53. The Labute approximate surface area is 101 Å². The van der Waals surface area contributed by atoms with Crippen LogP contribution in [0.4, 0.5) is 0 Å². The van der Waals surface area contributed by atoms with Gasteiger partial charge in [-0.2, -0.15) is 0 Å². The maximum absolute atomic E-state index is 10.7. The van der Waals surface area contributed by atoms with Crippen LogP contribution < -0.4 is 5.43 Å². The first-order valence-electron chi connectivity index (χ1n) is 5.37. The van der Waals surface area contributed by atoms with E-state index in [0.29, 0.717) is 6.54 Å². The Hall–Kier alpha value is -0.340. The van der Waals surface area contributed by atoms with E-state index in [0.717, 1.165) is 12.8 Å². The molecular formula is C9H18N3O3S-. The van der Waals surface area contributed by atoms with Crippen molar-refractivity contribution in [3.8, 4) is 0 Å². The predicted octanol–water partition coefficient (Wildman–Crippen LogP) is -0.858. The van der Waals surface area contributed by atoms with Crippen molar-refractivity contribution in [1.82, 2.24) is 15.3 Å². The van der Waals surface area contributed by atoms with E-state index in [1.807, 2.05) is 11.9 Å². The van der Waals surface area contributed by atoms with Crippen molar-refractivity contribution in [3.63, 3.8) is 0 Å². The van der Waals surface area contributed by atoms with E-state index in [-0.39, 0.29) is 19.3 Å². The molecule has 1 saturated heterocycles. The molecule has 0 saturated carbocycles. The van der Waals surface area contributed by atoms with Gasteiger partial charge in [0.15, 0.2) is 0 Å². The molecule has 0 spiro atoms. The van der Waals surface area contributed by atoms with Gasteiger partial charge >= 0.3 is 5.97 Å². The first-order chi connectivity index (χ1) is 7.60. The fourth-order valence-corrected chi connectivity index (χ4v) is 2.23. The number of rotatable bonds is 6. The Morgan fingerprint density at radius 2 is 2.25 bits per heavy atom. The number of nitrogens with one attached hydrogen (secondary N) is 1. The number of hydrogen-bond donors (Lipinski definition) is 3. The molecule has 3 N–H and O–H groups in total. The smallest absolute Gasteiger partial charge is 0.317 e. The number of carboxylic acid groups (broad SMARTS) is 1. The fraction of sp³-hybridized carbons (Fsp3) is 0.889. The SMILES string of the molecule is CCCC1N(CCO)NC([S-])N1CC(=O)O. The van der Waals surface area contributed by atoms with E-state index >= 15 is 0 Å². The number of aliphatic carboxylic acids is 1. The third-order valence-corrected chi connectivity index (χ3v) is 2.90. The summed E-state index contributed by atoms with van der Waals surface area (Å²) in [5, 5.41) is 19.6. The van der Waals surface area contributed by atoms with Gasteiger partial charge in [-0.25, -0.2) is 5.01 Å².